The van der Waals surface area contributed by atoms with E-state index in [0.29, 0.717) is 5.92 Å². The Labute approximate surface area is 121 Å². The monoisotopic (exact) mass is 271 g/mol. The Kier molecular flexibility index (Phi) is 4.06. The summed E-state index contributed by atoms with van der Waals surface area (Å²) in [5.41, 5.74) is 8.81. The van der Waals surface area contributed by atoms with Gasteiger partial charge in [0.25, 0.3) is 0 Å². The van der Waals surface area contributed by atoms with Crippen LogP contribution in [0.3, 0.4) is 0 Å². The average Bonchev–Trinajstić information content (AvgIpc) is 2.85. The number of benzene rings is 1. The summed E-state index contributed by atoms with van der Waals surface area (Å²) in [6.07, 6.45) is 7.59. The molecule has 1 saturated carbocycles. The van der Waals surface area contributed by atoms with E-state index in [1.807, 2.05) is 0 Å². The average molecular weight is 271 g/mol. The first-order valence-electron chi connectivity index (χ1n) is 7.99. The Morgan fingerprint density at radius 3 is 2.75 bits per heavy atom. The molecule has 1 aliphatic carbocycles. The number of para-hydroxylation sites is 2. The molecule has 2 aromatic rings. The number of hydrogen-bond donors (Lipinski definition) is 1. The van der Waals surface area contributed by atoms with Crippen LogP contribution in [0.1, 0.15) is 44.9 Å². The van der Waals surface area contributed by atoms with Crippen molar-refractivity contribution in [2.45, 2.75) is 58.0 Å². The lowest BCUT2D eigenvalue weighted by molar-refractivity contribution is 0.300. The molecule has 0 spiro atoms. The highest BCUT2D eigenvalue weighted by molar-refractivity contribution is 5.75. The number of aromatic nitrogens is 2. The third-order valence-corrected chi connectivity index (χ3v) is 4.72. The van der Waals surface area contributed by atoms with Gasteiger partial charge in [-0.15, -0.1) is 0 Å². The molecule has 0 saturated heterocycles. The SMILES string of the molecule is CCn1c(CC(N)C2CCCCC2)nc2ccccc21. The van der Waals surface area contributed by atoms with Crippen LogP contribution in [0.5, 0.6) is 0 Å². The summed E-state index contributed by atoms with van der Waals surface area (Å²) in [4.78, 5) is 4.80. The number of fused-ring (bicyclic) bond motifs is 1. The molecule has 1 unspecified atom stereocenters. The van der Waals surface area contributed by atoms with Crippen molar-refractivity contribution in [3.8, 4) is 0 Å². The number of rotatable bonds is 4. The fourth-order valence-corrected chi connectivity index (χ4v) is 3.57. The zero-order chi connectivity index (χ0) is 13.9. The second-order valence-electron chi connectivity index (χ2n) is 6.03. The fourth-order valence-electron chi connectivity index (χ4n) is 3.57. The van der Waals surface area contributed by atoms with E-state index in [0.717, 1.165) is 24.3 Å². The van der Waals surface area contributed by atoms with E-state index < -0.39 is 0 Å². The van der Waals surface area contributed by atoms with Gasteiger partial charge < -0.3 is 10.3 Å². The lowest BCUT2D eigenvalue weighted by Crippen LogP contribution is -2.34. The highest BCUT2D eigenvalue weighted by Crippen LogP contribution is 2.27. The minimum atomic E-state index is 0.261. The van der Waals surface area contributed by atoms with E-state index in [2.05, 4.69) is 35.8 Å². The van der Waals surface area contributed by atoms with Gasteiger partial charge in [0.05, 0.1) is 11.0 Å². The van der Waals surface area contributed by atoms with Crippen LogP contribution in [0.15, 0.2) is 24.3 Å². The highest BCUT2D eigenvalue weighted by atomic mass is 15.1. The molecular weight excluding hydrogens is 246 g/mol. The second-order valence-corrected chi connectivity index (χ2v) is 6.03. The molecule has 0 aliphatic heterocycles. The van der Waals surface area contributed by atoms with Crippen LogP contribution < -0.4 is 5.73 Å². The molecule has 1 aliphatic rings. The van der Waals surface area contributed by atoms with E-state index in [-0.39, 0.29) is 6.04 Å². The maximum Gasteiger partial charge on any atom is 0.111 e. The van der Waals surface area contributed by atoms with Gasteiger partial charge in [-0.3, -0.25) is 0 Å². The molecule has 1 aromatic carbocycles. The number of hydrogen-bond acceptors (Lipinski definition) is 2. The molecule has 0 bridgehead atoms. The molecule has 108 valence electrons. The zero-order valence-corrected chi connectivity index (χ0v) is 12.4. The fraction of sp³-hybridized carbons (Fsp3) is 0.588. The van der Waals surface area contributed by atoms with E-state index in [1.165, 1.54) is 37.6 Å². The third kappa shape index (κ3) is 2.59. The quantitative estimate of drug-likeness (QED) is 0.925. The minimum absolute atomic E-state index is 0.261. The Hall–Kier alpha value is -1.35. The van der Waals surface area contributed by atoms with E-state index in [1.54, 1.807) is 0 Å². The highest BCUT2D eigenvalue weighted by Gasteiger charge is 2.22. The smallest absolute Gasteiger partial charge is 0.111 e. The Balaban J connectivity index is 1.82. The van der Waals surface area contributed by atoms with Crippen LogP contribution >= 0.6 is 0 Å². The summed E-state index contributed by atoms with van der Waals surface area (Å²) in [7, 11) is 0. The van der Waals surface area contributed by atoms with Crippen LogP contribution in [0, 0.1) is 5.92 Å². The van der Waals surface area contributed by atoms with Crippen LogP contribution in [-0.2, 0) is 13.0 Å². The molecule has 1 aromatic heterocycles. The topological polar surface area (TPSA) is 43.8 Å². The maximum atomic E-state index is 6.47. The van der Waals surface area contributed by atoms with E-state index in [4.69, 9.17) is 10.7 Å². The van der Waals surface area contributed by atoms with Gasteiger partial charge in [-0.25, -0.2) is 4.98 Å². The largest absolute Gasteiger partial charge is 0.328 e. The number of nitrogens with two attached hydrogens (primary N) is 1. The normalized spacial score (nSPS) is 18.5. The zero-order valence-electron chi connectivity index (χ0n) is 12.4. The summed E-state index contributed by atoms with van der Waals surface area (Å²) >= 11 is 0. The minimum Gasteiger partial charge on any atom is -0.328 e. The van der Waals surface area contributed by atoms with Gasteiger partial charge in [-0.2, -0.15) is 0 Å². The standard InChI is InChI=1S/C17H25N3/c1-2-20-16-11-7-6-10-15(16)19-17(20)12-14(18)13-8-4-3-5-9-13/h6-7,10-11,13-14H,2-5,8-9,12,18H2,1H3. The summed E-state index contributed by atoms with van der Waals surface area (Å²) in [5, 5.41) is 0. The first-order chi connectivity index (χ1) is 9.79. The van der Waals surface area contributed by atoms with Crippen molar-refractivity contribution in [1.82, 2.24) is 9.55 Å². The van der Waals surface area contributed by atoms with Crippen molar-refractivity contribution >= 4 is 11.0 Å². The van der Waals surface area contributed by atoms with Crippen LogP contribution in [0.25, 0.3) is 11.0 Å². The van der Waals surface area contributed by atoms with Gasteiger partial charge >= 0.3 is 0 Å². The number of nitrogens with zero attached hydrogens (tertiary/aromatic N) is 2. The van der Waals surface area contributed by atoms with Gasteiger partial charge in [0.1, 0.15) is 5.82 Å². The Morgan fingerprint density at radius 2 is 2.00 bits per heavy atom. The molecule has 20 heavy (non-hydrogen) atoms. The molecule has 3 rings (SSSR count). The lowest BCUT2D eigenvalue weighted by atomic mass is 9.83. The summed E-state index contributed by atoms with van der Waals surface area (Å²) in [6.45, 7) is 3.15. The van der Waals surface area contributed by atoms with E-state index >= 15 is 0 Å². The van der Waals surface area contributed by atoms with E-state index in [9.17, 15) is 0 Å². The van der Waals surface area contributed by atoms with Gasteiger partial charge in [0.2, 0.25) is 0 Å². The van der Waals surface area contributed by atoms with Crippen molar-refractivity contribution in [3.63, 3.8) is 0 Å². The van der Waals surface area contributed by atoms with Crippen molar-refractivity contribution in [1.29, 1.82) is 0 Å². The maximum absolute atomic E-state index is 6.47. The van der Waals surface area contributed by atoms with Crippen LogP contribution in [0.2, 0.25) is 0 Å². The first kappa shape index (κ1) is 13.6. The number of imidazole rings is 1. The van der Waals surface area contributed by atoms with Crippen molar-refractivity contribution in [2.24, 2.45) is 11.7 Å². The van der Waals surface area contributed by atoms with Crippen LogP contribution in [-0.4, -0.2) is 15.6 Å². The van der Waals surface area contributed by atoms with Gasteiger partial charge in [-0.1, -0.05) is 31.4 Å². The summed E-state index contributed by atoms with van der Waals surface area (Å²) in [6, 6.07) is 8.65. The summed E-state index contributed by atoms with van der Waals surface area (Å²) < 4.78 is 2.32. The van der Waals surface area contributed by atoms with Gasteiger partial charge in [-0.05, 0) is 37.8 Å². The predicted molar refractivity (Wildman–Crippen MR) is 83.7 cm³/mol. The molecule has 3 nitrogen and oxygen atoms in total. The molecular formula is C17H25N3. The molecule has 2 N–H and O–H groups in total. The lowest BCUT2D eigenvalue weighted by Gasteiger charge is -2.27. The Morgan fingerprint density at radius 1 is 1.25 bits per heavy atom. The first-order valence-corrected chi connectivity index (χ1v) is 7.99. The molecule has 0 radical (unpaired) electrons. The van der Waals surface area contributed by atoms with Gasteiger partial charge in [0.15, 0.2) is 0 Å². The Bertz CT molecular complexity index is 567. The van der Waals surface area contributed by atoms with Crippen molar-refractivity contribution in [2.75, 3.05) is 0 Å². The van der Waals surface area contributed by atoms with Crippen molar-refractivity contribution in [3.05, 3.63) is 30.1 Å². The molecule has 1 heterocycles. The molecule has 1 atom stereocenters. The molecule has 1 fully saturated rings. The van der Waals surface area contributed by atoms with Gasteiger partial charge in [0, 0.05) is 19.0 Å². The second kappa shape index (κ2) is 5.96. The van der Waals surface area contributed by atoms with Crippen molar-refractivity contribution < 1.29 is 0 Å². The molecule has 0 amide bonds. The van der Waals surface area contributed by atoms with Crippen LogP contribution in [0.4, 0.5) is 0 Å². The molecule has 3 heteroatoms. The number of aryl methyl sites for hydroxylation is 1. The third-order valence-electron chi connectivity index (χ3n) is 4.72. The predicted octanol–water partition coefficient (Wildman–Crippen LogP) is 3.51. The summed E-state index contributed by atoms with van der Waals surface area (Å²) in [5.74, 6) is 1.85.